The molecule has 0 heterocycles. The lowest BCUT2D eigenvalue weighted by Crippen LogP contribution is -2.57. The summed E-state index contributed by atoms with van der Waals surface area (Å²) in [5.74, 6) is -6.83. The van der Waals surface area contributed by atoms with Crippen LogP contribution in [0.4, 0.5) is 0 Å². The Morgan fingerprint density at radius 3 is 1.66 bits per heavy atom. The maximum Gasteiger partial charge on any atom is 0.326 e. The predicted molar refractivity (Wildman–Crippen MR) is 124 cm³/mol. The number of carboxylic acid groups (broad SMARTS) is 2. The van der Waals surface area contributed by atoms with Crippen LogP contribution in [0.2, 0.25) is 0 Å². The molecule has 0 rings (SSSR count). The third-order valence-corrected chi connectivity index (χ3v) is 5.23. The first-order chi connectivity index (χ1) is 16.3. The molecule has 0 aliphatic heterocycles. The van der Waals surface area contributed by atoms with Crippen molar-refractivity contribution in [2.45, 2.75) is 62.7 Å². The number of carbonyl (C=O) groups is 7. The molecule has 16 heteroatoms. The maximum absolute atomic E-state index is 12.8. The standard InChI is InChI=1S/C19H32N6O9S/c1-35-7-6-9(20)16(30)23-11(3-5-15(28)29)17(31)24-10(2-4-13(21)26)18(32)25-12(19(33)34)8-14(22)27/h9-12H,2-8,20H2,1H3,(H2,21,26)(H2,22,27)(H,23,30)(H,24,31)(H,25,32)(H,28,29)(H,33,34). The van der Waals surface area contributed by atoms with Crippen molar-refractivity contribution in [3.05, 3.63) is 0 Å². The van der Waals surface area contributed by atoms with E-state index in [1.807, 2.05) is 11.6 Å². The highest BCUT2D eigenvalue weighted by Gasteiger charge is 2.31. The highest BCUT2D eigenvalue weighted by Crippen LogP contribution is 2.06. The largest absolute Gasteiger partial charge is 0.481 e. The molecule has 0 aromatic carbocycles. The smallest absolute Gasteiger partial charge is 0.326 e. The third-order valence-electron chi connectivity index (χ3n) is 4.58. The van der Waals surface area contributed by atoms with Crippen LogP contribution in [0.3, 0.4) is 0 Å². The zero-order valence-electron chi connectivity index (χ0n) is 19.2. The number of carbonyl (C=O) groups excluding carboxylic acids is 5. The first-order valence-corrected chi connectivity index (χ1v) is 11.8. The van der Waals surface area contributed by atoms with Crippen molar-refractivity contribution < 1.29 is 43.8 Å². The number of primary amides is 2. The number of amides is 5. The van der Waals surface area contributed by atoms with E-state index in [1.165, 1.54) is 11.8 Å². The number of nitrogens with two attached hydrogens (primary N) is 3. The molecule has 0 saturated heterocycles. The summed E-state index contributed by atoms with van der Waals surface area (Å²) in [5.41, 5.74) is 15.8. The fraction of sp³-hybridized carbons (Fsp3) is 0.632. The predicted octanol–water partition coefficient (Wildman–Crippen LogP) is -3.39. The average molecular weight is 521 g/mol. The van der Waals surface area contributed by atoms with E-state index in [4.69, 9.17) is 22.3 Å². The molecule has 15 nitrogen and oxygen atoms in total. The number of hydrogen-bond acceptors (Lipinski definition) is 9. The van der Waals surface area contributed by atoms with Gasteiger partial charge in [-0.05, 0) is 31.3 Å². The van der Waals surface area contributed by atoms with Crippen LogP contribution in [0.5, 0.6) is 0 Å². The number of carboxylic acids is 2. The van der Waals surface area contributed by atoms with Crippen molar-refractivity contribution >= 4 is 53.2 Å². The Hall–Kier alpha value is -3.40. The van der Waals surface area contributed by atoms with Crippen molar-refractivity contribution in [2.24, 2.45) is 17.2 Å². The Morgan fingerprint density at radius 2 is 1.23 bits per heavy atom. The molecule has 0 spiro atoms. The van der Waals surface area contributed by atoms with Gasteiger partial charge >= 0.3 is 11.9 Å². The molecule has 35 heavy (non-hydrogen) atoms. The average Bonchev–Trinajstić information content (AvgIpc) is 2.75. The molecule has 0 fully saturated rings. The van der Waals surface area contributed by atoms with Gasteiger partial charge in [0.15, 0.2) is 0 Å². The number of nitrogens with one attached hydrogen (secondary N) is 3. The molecule has 4 unspecified atom stereocenters. The Balaban J connectivity index is 5.61. The van der Waals surface area contributed by atoms with Gasteiger partial charge in [-0.3, -0.25) is 28.8 Å². The van der Waals surface area contributed by atoms with Crippen LogP contribution in [-0.2, 0) is 33.6 Å². The van der Waals surface area contributed by atoms with E-state index in [1.54, 1.807) is 0 Å². The van der Waals surface area contributed by atoms with Crippen molar-refractivity contribution in [1.82, 2.24) is 16.0 Å². The topological polar surface area (TPSA) is 274 Å². The zero-order valence-corrected chi connectivity index (χ0v) is 20.0. The molecule has 0 bridgehead atoms. The molecule has 198 valence electrons. The van der Waals surface area contributed by atoms with Crippen LogP contribution in [0, 0.1) is 0 Å². The molecule has 4 atom stereocenters. The maximum atomic E-state index is 12.8. The van der Waals surface area contributed by atoms with Gasteiger partial charge in [-0.2, -0.15) is 11.8 Å². The van der Waals surface area contributed by atoms with E-state index in [-0.39, 0.29) is 19.3 Å². The lowest BCUT2D eigenvalue weighted by molar-refractivity contribution is -0.144. The number of rotatable bonds is 18. The summed E-state index contributed by atoms with van der Waals surface area (Å²) in [6.45, 7) is 0. The molecular weight excluding hydrogens is 488 g/mol. The van der Waals surface area contributed by atoms with Crippen molar-refractivity contribution in [3.8, 4) is 0 Å². The lowest BCUT2D eigenvalue weighted by atomic mass is 10.1. The molecule has 0 aromatic rings. The fourth-order valence-electron chi connectivity index (χ4n) is 2.69. The van der Waals surface area contributed by atoms with Gasteiger partial charge in [-0.25, -0.2) is 4.79 Å². The summed E-state index contributed by atoms with van der Waals surface area (Å²) < 4.78 is 0. The summed E-state index contributed by atoms with van der Waals surface area (Å²) in [4.78, 5) is 82.4. The van der Waals surface area contributed by atoms with E-state index in [9.17, 15) is 38.7 Å². The number of thioether (sulfide) groups is 1. The Labute approximate surface area is 205 Å². The minimum Gasteiger partial charge on any atom is -0.481 e. The van der Waals surface area contributed by atoms with Gasteiger partial charge < -0.3 is 43.4 Å². The number of hydrogen-bond donors (Lipinski definition) is 8. The van der Waals surface area contributed by atoms with E-state index < -0.39 is 78.5 Å². The summed E-state index contributed by atoms with van der Waals surface area (Å²) in [5, 5.41) is 24.8. The monoisotopic (exact) mass is 520 g/mol. The first kappa shape index (κ1) is 31.6. The summed E-state index contributed by atoms with van der Waals surface area (Å²) in [6, 6.07) is -5.57. The van der Waals surface area contributed by atoms with Crippen molar-refractivity contribution in [3.63, 3.8) is 0 Å². The number of aliphatic carboxylic acids is 2. The van der Waals surface area contributed by atoms with E-state index >= 15 is 0 Å². The zero-order chi connectivity index (χ0) is 27.1. The fourth-order valence-corrected chi connectivity index (χ4v) is 3.18. The summed E-state index contributed by atoms with van der Waals surface area (Å²) >= 11 is 1.45. The van der Waals surface area contributed by atoms with Gasteiger partial charge in [0.1, 0.15) is 18.1 Å². The highest BCUT2D eigenvalue weighted by molar-refractivity contribution is 7.98. The van der Waals surface area contributed by atoms with Crippen LogP contribution in [0.25, 0.3) is 0 Å². The van der Waals surface area contributed by atoms with Crippen molar-refractivity contribution in [1.29, 1.82) is 0 Å². The van der Waals surface area contributed by atoms with Gasteiger partial charge in [-0.15, -0.1) is 0 Å². The van der Waals surface area contributed by atoms with E-state index in [0.717, 1.165) is 0 Å². The lowest BCUT2D eigenvalue weighted by Gasteiger charge is -2.24. The second-order valence-corrected chi connectivity index (χ2v) is 8.50. The van der Waals surface area contributed by atoms with Crippen LogP contribution in [0.15, 0.2) is 0 Å². The van der Waals surface area contributed by atoms with Crippen LogP contribution in [0.1, 0.15) is 38.5 Å². The third kappa shape index (κ3) is 13.8. The van der Waals surface area contributed by atoms with E-state index in [2.05, 4.69) is 10.6 Å². The van der Waals surface area contributed by atoms with Crippen LogP contribution in [-0.4, -0.2) is 87.9 Å². The minimum absolute atomic E-state index is 0.292. The van der Waals surface area contributed by atoms with Gasteiger partial charge in [0.25, 0.3) is 0 Å². The molecule has 11 N–H and O–H groups in total. The molecular formula is C19H32N6O9S. The van der Waals surface area contributed by atoms with Gasteiger partial charge in [0.2, 0.25) is 29.5 Å². The SMILES string of the molecule is CSCCC(N)C(=O)NC(CCC(=O)O)C(=O)NC(CCC(N)=O)C(=O)NC(CC(N)=O)C(=O)O. The second kappa shape index (κ2) is 16.3. The highest BCUT2D eigenvalue weighted by atomic mass is 32.2. The Bertz CT molecular complexity index is 810. The van der Waals surface area contributed by atoms with Crippen LogP contribution < -0.4 is 33.2 Å². The second-order valence-electron chi connectivity index (χ2n) is 7.52. The molecule has 0 aromatic heterocycles. The molecule has 0 saturated carbocycles. The Kier molecular flexibility index (Phi) is 14.7. The van der Waals surface area contributed by atoms with Crippen molar-refractivity contribution in [2.75, 3.05) is 12.0 Å². The normalized spacial score (nSPS) is 14.0. The minimum atomic E-state index is -1.70. The Morgan fingerprint density at radius 1 is 0.743 bits per heavy atom. The van der Waals surface area contributed by atoms with Gasteiger partial charge in [0.05, 0.1) is 12.5 Å². The van der Waals surface area contributed by atoms with Gasteiger partial charge in [-0.1, -0.05) is 0 Å². The first-order valence-electron chi connectivity index (χ1n) is 10.4. The molecule has 0 radical (unpaired) electrons. The molecule has 5 amide bonds. The van der Waals surface area contributed by atoms with Gasteiger partial charge in [0, 0.05) is 12.8 Å². The van der Waals surface area contributed by atoms with E-state index in [0.29, 0.717) is 12.2 Å². The quantitative estimate of drug-likeness (QED) is 0.0882. The molecule has 0 aliphatic carbocycles. The summed E-state index contributed by atoms with van der Waals surface area (Å²) in [7, 11) is 0. The summed E-state index contributed by atoms with van der Waals surface area (Å²) in [6.07, 6.45) is -0.200. The van der Waals surface area contributed by atoms with Crippen LogP contribution >= 0.6 is 11.8 Å². The molecule has 0 aliphatic rings.